The van der Waals surface area contributed by atoms with Gasteiger partial charge in [-0.2, -0.15) is 0 Å². The minimum Gasteiger partial charge on any atom is -0.508 e. The lowest BCUT2D eigenvalue weighted by atomic mass is 9.99. The quantitative estimate of drug-likeness (QED) is 0.543. The summed E-state index contributed by atoms with van der Waals surface area (Å²) in [5.41, 5.74) is 1.10. The molecule has 1 aliphatic carbocycles. The summed E-state index contributed by atoms with van der Waals surface area (Å²) in [5, 5.41) is 10.8. The number of allylic oxidation sites excluding steroid dienone is 2. The number of hydrogen-bond donors (Lipinski definition) is 2. The molecule has 3 aromatic rings. The van der Waals surface area contributed by atoms with Gasteiger partial charge in [-0.3, -0.25) is 0 Å². The van der Waals surface area contributed by atoms with Crippen LogP contribution in [0.4, 0.5) is 0 Å². The molecule has 0 saturated carbocycles. The van der Waals surface area contributed by atoms with Gasteiger partial charge in [0.2, 0.25) is 0 Å². The largest absolute Gasteiger partial charge is 0.508 e. The van der Waals surface area contributed by atoms with Crippen LogP contribution in [0.3, 0.4) is 0 Å². The van der Waals surface area contributed by atoms with E-state index in [2.05, 4.69) is 29.0 Å². The number of rotatable bonds is 5. The molecule has 1 aliphatic heterocycles. The fourth-order valence-electron chi connectivity index (χ4n) is 3.77. The molecule has 5 nitrogen and oxygen atoms in total. The van der Waals surface area contributed by atoms with Crippen molar-refractivity contribution in [2.24, 2.45) is 0 Å². The summed E-state index contributed by atoms with van der Waals surface area (Å²) in [4.78, 5) is 1.70. The van der Waals surface area contributed by atoms with Crippen LogP contribution in [0.15, 0.2) is 71.2 Å². The number of aromatic hydroxyl groups is 1. The first-order valence-corrected chi connectivity index (χ1v) is 12.3. The van der Waals surface area contributed by atoms with Crippen molar-refractivity contribution >= 4 is 32.4 Å². The highest BCUT2D eigenvalue weighted by atomic mass is 32.2. The highest BCUT2D eigenvalue weighted by Gasteiger charge is 2.22. The summed E-state index contributed by atoms with van der Waals surface area (Å²) in [6.07, 6.45) is 9.27. The van der Waals surface area contributed by atoms with E-state index in [0.29, 0.717) is 29.6 Å². The standard InChI is InChI=1S/C24H23NO4S2/c26-18-7-10-22-17(13-18)14-23(30-22)24(16-5-2-1-3-6-16)25-31(27)19-8-9-20-21(15-19)29-12-4-11-28-20/h2,5-10,13-15,24-26H,1,3-4,11-12H2. The third kappa shape index (κ3) is 4.39. The van der Waals surface area contributed by atoms with Gasteiger partial charge < -0.3 is 14.6 Å². The number of nitrogens with one attached hydrogen (secondary N) is 1. The summed E-state index contributed by atoms with van der Waals surface area (Å²) in [7, 11) is -1.45. The van der Waals surface area contributed by atoms with E-state index < -0.39 is 11.0 Å². The molecule has 2 N–H and O–H groups in total. The van der Waals surface area contributed by atoms with Gasteiger partial charge in [0.15, 0.2) is 11.5 Å². The number of ether oxygens (including phenoxy) is 2. The van der Waals surface area contributed by atoms with Gasteiger partial charge in [0.1, 0.15) is 16.7 Å². The Morgan fingerprint density at radius 3 is 2.74 bits per heavy atom. The van der Waals surface area contributed by atoms with Crippen LogP contribution in [0.5, 0.6) is 17.2 Å². The maximum absolute atomic E-state index is 13.3. The number of phenols is 1. The molecule has 2 aromatic carbocycles. The Morgan fingerprint density at radius 2 is 1.90 bits per heavy atom. The minimum atomic E-state index is -1.45. The predicted octanol–water partition coefficient (Wildman–Crippen LogP) is 5.40. The van der Waals surface area contributed by atoms with E-state index in [-0.39, 0.29) is 11.8 Å². The smallest absolute Gasteiger partial charge is 0.162 e. The lowest BCUT2D eigenvalue weighted by molar-refractivity contribution is 0.297. The zero-order valence-corrected chi connectivity index (χ0v) is 18.5. The molecule has 1 aromatic heterocycles. The van der Waals surface area contributed by atoms with E-state index in [4.69, 9.17) is 9.47 Å². The van der Waals surface area contributed by atoms with E-state index in [1.807, 2.05) is 18.2 Å². The zero-order valence-electron chi connectivity index (χ0n) is 16.9. The van der Waals surface area contributed by atoms with Gasteiger partial charge in [-0.25, -0.2) is 8.93 Å². The van der Waals surface area contributed by atoms with Crippen LogP contribution in [0.2, 0.25) is 0 Å². The summed E-state index contributed by atoms with van der Waals surface area (Å²) < 4.78 is 29.2. The molecule has 31 heavy (non-hydrogen) atoms. The van der Waals surface area contributed by atoms with Gasteiger partial charge in [0, 0.05) is 22.1 Å². The molecular weight excluding hydrogens is 430 g/mol. The van der Waals surface area contributed by atoms with Crippen LogP contribution >= 0.6 is 11.3 Å². The molecular formula is C24H23NO4S2. The third-order valence-electron chi connectivity index (χ3n) is 5.32. The average Bonchev–Trinajstić information content (AvgIpc) is 3.06. The van der Waals surface area contributed by atoms with Gasteiger partial charge in [0.05, 0.1) is 24.2 Å². The Balaban J connectivity index is 1.47. The van der Waals surface area contributed by atoms with Crippen molar-refractivity contribution in [1.29, 1.82) is 0 Å². The van der Waals surface area contributed by atoms with Crippen LogP contribution in [0.1, 0.15) is 30.2 Å². The molecule has 0 bridgehead atoms. The molecule has 2 unspecified atom stereocenters. The lowest BCUT2D eigenvalue weighted by Crippen LogP contribution is -2.24. The molecule has 0 amide bonds. The molecule has 2 aliphatic rings. The monoisotopic (exact) mass is 453 g/mol. The predicted molar refractivity (Wildman–Crippen MR) is 124 cm³/mol. The Labute approximate surface area is 187 Å². The lowest BCUT2D eigenvalue weighted by Gasteiger charge is -2.20. The van der Waals surface area contributed by atoms with Crippen LogP contribution in [-0.2, 0) is 11.0 Å². The van der Waals surface area contributed by atoms with E-state index in [1.165, 1.54) is 0 Å². The second-order valence-corrected chi connectivity index (χ2v) is 9.89. The van der Waals surface area contributed by atoms with Crippen molar-refractivity contribution < 1.29 is 18.8 Å². The van der Waals surface area contributed by atoms with Crippen LogP contribution in [0.25, 0.3) is 10.1 Å². The second kappa shape index (κ2) is 8.86. The summed E-state index contributed by atoms with van der Waals surface area (Å²) in [5.74, 6) is 1.57. The van der Waals surface area contributed by atoms with Gasteiger partial charge in [-0.15, -0.1) is 11.3 Å². The van der Waals surface area contributed by atoms with Crippen molar-refractivity contribution in [2.45, 2.75) is 30.2 Å². The molecule has 7 heteroatoms. The van der Waals surface area contributed by atoms with E-state index in [9.17, 15) is 9.32 Å². The molecule has 0 saturated heterocycles. The maximum atomic E-state index is 13.3. The van der Waals surface area contributed by atoms with Gasteiger partial charge in [0.25, 0.3) is 0 Å². The Bertz CT molecular complexity index is 1200. The average molecular weight is 454 g/mol. The first-order valence-electron chi connectivity index (χ1n) is 10.3. The Hall–Kier alpha value is -2.61. The topological polar surface area (TPSA) is 67.8 Å². The SMILES string of the molecule is O=S(NC(C1=CCCC=C1)c1cc2cc(O)ccc2s1)c1ccc2c(c1)OCCCO2. The zero-order chi connectivity index (χ0) is 21.2. The second-order valence-electron chi connectivity index (χ2n) is 7.53. The summed E-state index contributed by atoms with van der Waals surface area (Å²) in [6, 6.07) is 12.7. The molecule has 0 fully saturated rings. The molecule has 0 radical (unpaired) electrons. The molecule has 2 heterocycles. The number of hydrogen-bond acceptors (Lipinski definition) is 5. The fraction of sp³-hybridized carbons (Fsp3) is 0.250. The first-order chi connectivity index (χ1) is 15.2. The normalized spacial score (nSPS) is 17.7. The fourth-order valence-corrected chi connectivity index (χ4v) is 5.98. The Kier molecular flexibility index (Phi) is 5.80. The van der Waals surface area contributed by atoms with E-state index in [1.54, 1.807) is 29.5 Å². The van der Waals surface area contributed by atoms with Crippen molar-refractivity contribution in [3.63, 3.8) is 0 Å². The number of thiophene rings is 1. The van der Waals surface area contributed by atoms with Crippen molar-refractivity contribution in [3.05, 3.63) is 71.1 Å². The summed E-state index contributed by atoms with van der Waals surface area (Å²) >= 11 is 1.64. The van der Waals surface area contributed by atoms with Crippen molar-refractivity contribution in [2.75, 3.05) is 13.2 Å². The van der Waals surface area contributed by atoms with Crippen LogP contribution in [-0.4, -0.2) is 22.5 Å². The molecule has 0 spiro atoms. The van der Waals surface area contributed by atoms with E-state index in [0.717, 1.165) is 39.8 Å². The van der Waals surface area contributed by atoms with Crippen molar-refractivity contribution in [1.82, 2.24) is 4.72 Å². The van der Waals surface area contributed by atoms with Gasteiger partial charge in [-0.1, -0.05) is 18.2 Å². The van der Waals surface area contributed by atoms with Gasteiger partial charge in [-0.05, 0) is 60.2 Å². The number of phenolic OH excluding ortho intramolecular Hbond substituents is 1. The maximum Gasteiger partial charge on any atom is 0.162 e. The Morgan fingerprint density at radius 1 is 1.03 bits per heavy atom. The summed E-state index contributed by atoms with van der Waals surface area (Å²) in [6.45, 7) is 1.21. The minimum absolute atomic E-state index is 0.215. The highest BCUT2D eigenvalue weighted by molar-refractivity contribution is 7.83. The molecule has 5 rings (SSSR count). The van der Waals surface area contributed by atoms with Crippen molar-refractivity contribution in [3.8, 4) is 17.2 Å². The molecule has 160 valence electrons. The molecule has 2 atom stereocenters. The third-order valence-corrected chi connectivity index (χ3v) is 7.63. The number of benzene rings is 2. The van der Waals surface area contributed by atoms with Crippen LogP contribution < -0.4 is 14.2 Å². The highest BCUT2D eigenvalue weighted by Crippen LogP contribution is 2.37. The number of fused-ring (bicyclic) bond motifs is 2. The first kappa shape index (κ1) is 20.3. The van der Waals surface area contributed by atoms with Gasteiger partial charge >= 0.3 is 0 Å². The van der Waals surface area contributed by atoms with Crippen LogP contribution in [0, 0.1) is 0 Å². The van der Waals surface area contributed by atoms with E-state index >= 15 is 0 Å².